The molecule has 4 nitrogen and oxygen atoms in total. The zero-order valence-corrected chi connectivity index (χ0v) is 26.4. The molecular weight excluding hydrogens is 512 g/mol. The second kappa shape index (κ2) is 12.6. The van der Waals surface area contributed by atoms with Crippen LogP contribution in [0.5, 0.6) is 23.0 Å². The Hall–Kier alpha value is -3.70. The van der Waals surface area contributed by atoms with E-state index in [0.717, 1.165) is 22.8 Å². The first-order valence-corrected chi connectivity index (χ1v) is 16.8. The van der Waals surface area contributed by atoms with Gasteiger partial charge in [-0.15, -0.1) is 0 Å². The number of phenolic OH excluding ortho intramolecular Hbond substituents is 1. The van der Waals surface area contributed by atoms with Gasteiger partial charge in [-0.2, -0.15) is 0 Å². The zero-order valence-electron chi connectivity index (χ0n) is 25.4. The third kappa shape index (κ3) is 7.27. The van der Waals surface area contributed by atoms with E-state index >= 15 is 0 Å². The second-order valence-electron chi connectivity index (χ2n) is 11.2. The van der Waals surface area contributed by atoms with Crippen molar-refractivity contribution in [2.45, 2.75) is 65.5 Å². The molecule has 0 fully saturated rings. The number of benzene rings is 4. The van der Waals surface area contributed by atoms with Crippen molar-refractivity contribution in [3.05, 3.63) is 119 Å². The molecule has 4 aromatic rings. The predicted molar refractivity (Wildman–Crippen MR) is 168 cm³/mol. The summed E-state index contributed by atoms with van der Waals surface area (Å²) in [5.74, 6) is 2.73. The minimum atomic E-state index is -2.50. The van der Waals surface area contributed by atoms with E-state index < -0.39 is 8.56 Å². The van der Waals surface area contributed by atoms with Crippen molar-refractivity contribution in [1.82, 2.24) is 0 Å². The molecule has 0 unspecified atom stereocenters. The summed E-state index contributed by atoms with van der Waals surface area (Å²) in [7, 11) is -0.815. The number of phenols is 1. The van der Waals surface area contributed by atoms with E-state index in [1.165, 1.54) is 16.7 Å². The molecule has 40 heavy (non-hydrogen) atoms. The lowest BCUT2D eigenvalue weighted by atomic mass is 9.78. The monoisotopic (exact) mass is 556 g/mol. The fourth-order valence-corrected chi connectivity index (χ4v) is 6.14. The molecule has 0 bridgehead atoms. The van der Waals surface area contributed by atoms with Crippen LogP contribution in [-0.2, 0) is 10.8 Å². The Kier molecular flexibility index (Phi) is 9.75. The topological polar surface area (TPSA) is 47.9 Å². The summed E-state index contributed by atoms with van der Waals surface area (Å²) in [5, 5.41) is 9.63. The van der Waals surface area contributed by atoms with Gasteiger partial charge < -0.3 is 18.7 Å². The Morgan fingerprint density at radius 1 is 0.500 bits per heavy atom. The zero-order chi connectivity index (χ0) is 29.6. The van der Waals surface area contributed by atoms with Gasteiger partial charge in [-0.25, -0.2) is 0 Å². The Morgan fingerprint density at radius 2 is 0.775 bits per heavy atom. The van der Waals surface area contributed by atoms with Crippen LogP contribution in [0, 0.1) is 0 Å². The van der Waals surface area contributed by atoms with Gasteiger partial charge in [0.1, 0.15) is 23.0 Å². The first-order valence-electron chi connectivity index (χ1n) is 13.9. The fourth-order valence-electron chi connectivity index (χ4n) is 4.69. The molecule has 0 heterocycles. The van der Waals surface area contributed by atoms with Crippen LogP contribution >= 0.6 is 0 Å². The first kappa shape index (κ1) is 30.8. The maximum absolute atomic E-state index is 9.63. The van der Waals surface area contributed by atoms with E-state index in [-0.39, 0.29) is 16.6 Å². The van der Waals surface area contributed by atoms with Crippen molar-refractivity contribution >= 4 is 8.56 Å². The molecule has 0 aliphatic rings. The SMILES string of the molecule is CC.COc1ccc(C(C)(C)c2ccc(O[Si](C)(C)Oc3ccc(C(C)(C)c4ccc(O)cc4)cc3)cc2)cc1. The van der Waals surface area contributed by atoms with Crippen LogP contribution in [0.4, 0.5) is 0 Å². The van der Waals surface area contributed by atoms with Crippen LogP contribution in [0.25, 0.3) is 0 Å². The third-order valence-corrected chi connectivity index (χ3v) is 8.73. The molecule has 0 amide bonds. The third-order valence-electron chi connectivity index (χ3n) is 7.28. The first-order chi connectivity index (χ1) is 18.9. The lowest BCUT2D eigenvalue weighted by molar-refractivity contribution is 0.399. The number of methoxy groups -OCH3 is 1. The van der Waals surface area contributed by atoms with Gasteiger partial charge in [0, 0.05) is 23.9 Å². The van der Waals surface area contributed by atoms with Crippen molar-refractivity contribution in [3.8, 4) is 23.0 Å². The Morgan fingerprint density at radius 3 is 1.07 bits per heavy atom. The molecule has 0 atom stereocenters. The summed E-state index contributed by atoms with van der Waals surface area (Å²) >= 11 is 0. The molecule has 1 N–H and O–H groups in total. The quantitative estimate of drug-likeness (QED) is 0.209. The van der Waals surface area contributed by atoms with Crippen LogP contribution in [0.2, 0.25) is 13.1 Å². The maximum Gasteiger partial charge on any atom is 0.454 e. The van der Waals surface area contributed by atoms with E-state index in [4.69, 9.17) is 13.6 Å². The molecule has 0 saturated heterocycles. The van der Waals surface area contributed by atoms with Crippen molar-refractivity contribution in [1.29, 1.82) is 0 Å². The molecule has 4 rings (SSSR count). The number of hydrogen-bond donors (Lipinski definition) is 1. The molecule has 0 aliphatic heterocycles. The van der Waals surface area contributed by atoms with E-state index in [0.29, 0.717) is 0 Å². The minimum absolute atomic E-state index is 0.149. The molecule has 0 saturated carbocycles. The molecule has 0 aromatic heterocycles. The summed E-state index contributed by atoms with van der Waals surface area (Å²) in [5.41, 5.74) is 4.40. The van der Waals surface area contributed by atoms with Crippen LogP contribution in [0.1, 0.15) is 63.8 Å². The number of ether oxygens (including phenoxy) is 1. The lowest BCUT2D eigenvalue weighted by Gasteiger charge is -2.28. The minimum Gasteiger partial charge on any atom is -0.512 e. The highest BCUT2D eigenvalue weighted by Gasteiger charge is 2.30. The predicted octanol–water partition coefficient (Wildman–Crippen LogP) is 9.24. The lowest BCUT2D eigenvalue weighted by Crippen LogP contribution is -2.41. The van der Waals surface area contributed by atoms with Gasteiger partial charge in [-0.1, -0.05) is 90.1 Å². The molecule has 5 heteroatoms. The van der Waals surface area contributed by atoms with Crippen molar-refractivity contribution < 1.29 is 18.7 Å². The summed E-state index contributed by atoms with van der Waals surface area (Å²) in [4.78, 5) is 0. The molecular formula is C35H44O4Si. The van der Waals surface area contributed by atoms with Crippen LogP contribution in [0.3, 0.4) is 0 Å². The highest BCUT2D eigenvalue weighted by molar-refractivity contribution is 6.66. The van der Waals surface area contributed by atoms with E-state index in [1.807, 2.05) is 62.4 Å². The van der Waals surface area contributed by atoms with E-state index in [2.05, 4.69) is 77.2 Å². The van der Waals surface area contributed by atoms with Gasteiger partial charge in [0.2, 0.25) is 0 Å². The van der Waals surface area contributed by atoms with Gasteiger partial charge in [0.15, 0.2) is 0 Å². The standard InChI is InChI=1S/C33H38O4Si.C2H6/c1-32(2,24-8-16-28(34)17-9-24)26-12-20-30(21-13-26)36-38(6,7)37-31-22-14-27(15-23-31)33(3,4)25-10-18-29(35-5)19-11-25;1-2/h8-23,34H,1-7H3;1-2H3. The molecule has 0 aliphatic carbocycles. The van der Waals surface area contributed by atoms with Crippen LogP contribution in [-0.4, -0.2) is 20.8 Å². The highest BCUT2D eigenvalue weighted by Crippen LogP contribution is 2.35. The Bertz CT molecular complexity index is 1340. The Labute approximate surface area is 241 Å². The highest BCUT2D eigenvalue weighted by atomic mass is 28.4. The fraction of sp³-hybridized carbons (Fsp3) is 0.314. The number of rotatable bonds is 9. The van der Waals surface area contributed by atoms with Crippen LogP contribution < -0.4 is 13.6 Å². The van der Waals surface area contributed by atoms with Gasteiger partial charge in [0.25, 0.3) is 0 Å². The number of hydrogen-bond acceptors (Lipinski definition) is 4. The average molecular weight is 557 g/mol. The van der Waals surface area contributed by atoms with Gasteiger partial charge >= 0.3 is 8.56 Å². The van der Waals surface area contributed by atoms with Crippen molar-refractivity contribution in [2.24, 2.45) is 0 Å². The van der Waals surface area contributed by atoms with Crippen molar-refractivity contribution in [2.75, 3.05) is 7.11 Å². The maximum atomic E-state index is 9.63. The molecule has 0 radical (unpaired) electrons. The molecule has 4 aromatic carbocycles. The number of aromatic hydroxyl groups is 1. The largest absolute Gasteiger partial charge is 0.512 e. The van der Waals surface area contributed by atoms with Gasteiger partial charge in [-0.05, 0) is 70.8 Å². The second-order valence-corrected chi connectivity index (χ2v) is 14.4. The normalized spacial score (nSPS) is 11.7. The molecule has 0 spiro atoms. The average Bonchev–Trinajstić information content (AvgIpc) is 2.94. The summed E-state index contributed by atoms with van der Waals surface area (Å²) in [6.07, 6.45) is 0. The summed E-state index contributed by atoms with van der Waals surface area (Å²) in [6.45, 7) is 16.9. The van der Waals surface area contributed by atoms with Gasteiger partial charge in [0.05, 0.1) is 7.11 Å². The van der Waals surface area contributed by atoms with Gasteiger partial charge in [-0.3, -0.25) is 0 Å². The van der Waals surface area contributed by atoms with Crippen LogP contribution in [0.15, 0.2) is 97.1 Å². The van der Waals surface area contributed by atoms with E-state index in [1.54, 1.807) is 19.2 Å². The molecule has 212 valence electrons. The Balaban J connectivity index is 0.00000216. The summed E-state index contributed by atoms with van der Waals surface area (Å²) < 4.78 is 18.0. The summed E-state index contributed by atoms with van der Waals surface area (Å²) in [6, 6.07) is 32.2. The smallest absolute Gasteiger partial charge is 0.454 e. The van der Waals surface area contributed by atoms with Crippen molar-refractivity contribution in [3.63, 3.8) is 0 Å². The van der Waals surface area contributed by atoms with E-state index in [9.17, 15) is 5.11 Å².